The SMILES string of the molecule is O=C1C2OC2C2(Oc3cccc4cccc(c34)O2)[C@]23OC12C(O)CCC3O. The molecule has 2 saturated heterocycles. The van der Waals surface area contributed by atoms with E-state index >= 15 is 0 Å². The van der Waals surface area contributed by atoms with Gasteiger partial charge in [0.25, 0.3) is 0 Å². The van der Waals surface area contributed by atoms with Gasteiger partial charge in [0.15, 0.2) is 17.8 Å². The molecule has 7 nitrogen and oxygen atoms in total. The number of fused-ring (bicyclic) bond motifs is 2. The van der Waals surface area contributed by atoms with E-state index in [1.807, 2.05) is 36.4 Å². The number of epoxide rings is 2. The molecule has 2 saturated carbocycles. The van der Waals surface area contributed by atoms with Crippen LogP contribution in [0.2, 0.25) is 0 Å². The molecule has 5 aliphatic rings. The van der Waals surface area contributed by atoms with E-state index in [0.29, 0.717) is 11.5 Å². The molecular weight excluding hydrogens is 352 g/mol. The summed E-state index contributed by atoms with van der Waals surface area (Å²) in [5, 5.41) is 23.4. The molecule has 7 heteroatoms. The van der Waals surface area contributed by atoms with E-state index in [4.69, 9.17) is 18.9 Å². The number of rotatable bonds is 0. The summed E-state index contributed by atoms with van der Waals surface area (Å²) in [6.07, 6.45) is -2.94. The molecule has 5 unspecified atom stereocenters. The van der Waals surface area contributed by atoms with Crippen LogP contribution in [-0.2, 0) is 14.3 Å². The molecule has 0 bridgehead atoms. The molecule has 4 fully saturated rings. The number of carbonyl (C=O) groups is 1. The van der Waals surface area contributed by atoms with E-state index < -0.39 is 41.4 Å². The number of aliphatic hydroxyl groups is 2. The monoisotopic (exact) mass is 368 g/mol. The van der Waals surface area contributed by atoms with Crippen LogP contribution in [0.5, 0.6) is 11.5 Å². The number of benzene rings is 2. The summed E-state index contributed by atoms with van der Waals surface area (Å²) in [5.74, 6) is -0.670. The van der Waals surface area contributed by atoms with Crippen LogP contribution < -0.4 is 9.47 Å². The zero-order chi connectivity index (χ0) is 18.2. The molecule has 2 N–H and O–H groups in total. The molecule has 0 aromatic heterocycles. The highest BCUT2D eigenvalue weighted by Gasteiger charge is 2.99. The third-order valence-corrected chi connectivity index (χ3v) is 6.84. The number of aliphatic hydroxyl groups excluding tert-OH is 2. The third-order valence-electron chi connectivity index (χ3n) is 6.84. The number of hydrogen-bond donors (Lipinski definition) is 2. The molecule has 3 aliphatic heterocycles. The lowest BCUT2D eigenvalue weighted by atomic mass is 9.64. The zero-order valence-electron chi connectivity index (χ0n) is 14.1. The van der Waals surface area contributed by atoms with E-state index in [1.54, 1.807) is 0 Å². The number of ketones is 1. The first-order chi connectivity index (χ1) is 13.1. The van der Waals surface area contributed by atoms with E-state index in [-0.39, 0.29) is 18.6 Å². The summed E-state index contributed by atoms with van der Waals surface area (Å²) in [5.41, 5.74) is -3.02. The maximum absolute atomic E-state index is 12.9. The second-order valence-corrected chi connectivity index (χ2v) is 8.01. The lowest BCUT2D eigenvalue weighted by molar-refractivity contribution is -0.216. The van der Waals surface area contributed by atoms with Crippen molar-refractivity contribution in [2.24, 2.45) is 0 Å². The van der Waals surface area contributed by atoms with E-state index in [1.165, 1.54) is 0 Å². The van der Waals surface area contributed by atoms with Crippen molar-refractivity contribution in [2.75, 3.05) is 0 Å². The molecule has 6 atom stereocenters. The summed E-state index contributed by atoms with van der Waals surface area (Å²) in [6.45, 7) is 0. The molecule has 2 aromatic rings. The Labute approximate surface area is 153 Å². The average molecular weight is 368 g/mol. The van der Waals surface area contributed by atoms with E-state index in [9.17, 15) is 15.0 Å². The number of ether oxygens (including phenoxy) is 4. The summed E-state index contributed by atoms with van der Waals surface area (Å²) in [6, 6.07) is 11.3. The summed E-state index contributed by atoms with van der Waals surface area (Å²) in [4.78, 5) is 12.9. The molecule has 0 amide bonds. The smallest absolute Gasteiger partial charge is 0.316 e. The van der Waals surface area contributed by atoms with Crippen molar-refractivity contribution < 1.29 is 34.0 Å². The molecule has 27 heavy (non-hydrogen) atoms. The Balaban J connectivity index is 1.49. The average Bonchev–Trinajstić information content (AvgIpc) is 3.57. The summed E-state index contributed by atoms with van der Waals surface area (Å²) in [7, 11) is 0. The third kappa shape index (κ3) is 1.31. The second-order valence-electron chi connectivity index (χ2n) is 8.01. The highest BCUT2D eigenvalue weighted by Crippen LogP contribution is 2.72. The minimum Gasteiger partial charge on any atom is -0.446 e. The maximum Gasteiger partial charge on any atom is 0.316 e. The molecule has 7 rings (SSSR count). The Morgan fingerprint density at radius 3 is 2.33 bits per heavy atom. The fourth-order valence-electron chi connectivity index (χ4n) is 5.62. The Morgan fingerprint density at radius 2 is 1.63 bits per heavy atom. The van der Waals surface area contributed by atoms with Crippen LogP contribution in [0.4, 0.5) is 0 Å². The van der Waals surface area contributed by atoms with Crippen molar-refractivity contribution in [3.63, 3.8) is 0 Å². The minimum atomic E-state index is -1.54. The van der Waals surface area contributed by atoms with Crippen LogP contribution in [0.25, 0.3) is 10.8 Å². The van der Waals surface area contributed by atoms with Crippen molar-refractivity contribution in [1.82, 2.24) is 0 Å². The van der Waals surface area contributed by atoms with Gasteiger partial charge in [0.2, 0.25) is 11.4 Å². The minimum absolute atomic E-state index is 0.272. The van der Waals surface area contributed by atoms with E-state index in [0.717, 1.165) is 10.8 Å². The van der Waals surface area contributed by atoms with Crippen molar-refractivity contribution in [1.29, 1.82) is 0 Å². The predicted molar refractivity (Wildman–Crippen MR) is 89.4 cm³/mol. The quantitative estimate of drug-likeness (QED) is 0.660. The van der Waals surface area contributed by atoms with E-state index in [2.05, 4.69) is 0 Å². The van der Waals surface area contributed by atoms with Gasteiger partial charge < -0.3 is 29.2 Å². The molecule has 1 spiro atoms. The number of carbonyl (C=O) groups excluding carboxylic acids is 1. The molecule has 138 valence electrons. The van der Waals surface area contributed by atoms with Crippen LogP contribution >= 0.6 is 0 Å². The highest BCUT2D eigenvalue weighted by atomic mass is 16.8. The first-order valence-electron chi connectivity index (χ1n) is 9.21. The fourth-order valence-corrected chi connectivity index (χ4v) is 5.62. The van der Waals surface area contributed by atoms with Gasteiger partial charge in [-0.3, -0.25) is 4.79 Å². The van der Waals surface area contributed by atoms with Gasteiger partial charge in [-0.25, -0.2) is 0 Å². The summed E-state index contributed by atoms with van der Waals surface area (Å²) >= 11 is 0. The van der Waals surface area contributed by atoms with Gasteiger partial charge in [-0.05, 0) is 30.4 Å². The maximum atomic E-state index is 12.9. The van der Waals surface area contributed by atoms with Gasteiger partial charge in [-0.15, -0.1) is 0 Å². The predicted octanol–water partition coefficient (Wildman–Crippen LogP) is 0.681. The zero-order valence-corrected chi connectivity index (χ0v) is 14.1. The Bertz CT molecular complexity index is 1010. The van der Waals surface area contributed by atoms with Crippen molar-refractivity contribution in [3.8, 4) is 11.5 Å². The van der Waals surface area contributed by atoms with Crippen LogP contribution in [0.1, 0.15) is 12.8 Å². The summed E-state index contributed by atoms with van der Waals surface area (Å²) < 4.78 is 24.4. The molecular formula is C20H16O7. The largest absolute Gasteiger partial charge is 0.446 e. The van der Waals surface area contributed by atoms with Crippen LogP contribution in [0.15, 0.2) is 36.4 Å². The van der Waals surface area contributed by atoms with Crippen molar-refractivity contribution in [3.05, 3.63) is 36.4 Å². The van der Waals surface area contributed by atoms with Gasteiger partial charge in [0, 0.05) is 0 Å². The first-order valence-corrected chi connectivity index (χ1v) is 9.21. The van der Waals surface area contributed by atoms with Crippen LogP contribution in [-0.4, -0.2) is 57.4 Å². The number of hydrogen-bond acceptors (Lipinski definition) is 7. The lowest BCUT2D eigenvalue weighted by Gasteiger charge is -2.47. The first kappa shape index (κ1) is 14.8. The topological polar surface area (TPSA) is 101 Å². The van der Waals surface area contributed by atoms with Gasteiger partial charge in [-0.2, -0.15) is 0 Å². The van der Waals surface area contributed by atoms with Gasteiger partial charge in [0.1, 0.15) is 11.5 Å². The van der Waals surface area contributed by atoms with Crippen LogP contribution in [0, 0.1) is 0 Å². The number of Topliss-reactive ketones (excluding diaryl/α,β-unsaturated/α-hetero) is 1. The Kier molecular flexibility index (Phi) is 2.26. The molecule has 2 aliphatic carbocycles. The molecule has 2 aromatic carbocycles. The van der Waals surface area contributed by atoms with Crippen LogP contribution in [0.3, 0.4) is 0 Å². The molecule has 0 radical (unpaired) electrons. The van der Waals surface area contributed by atoms with Gasteiger partial charge >= 0.3 is 5.79 Å². The molecule has 3 heterocycles. The normalized spacial score (nSPS) is 44.6. The van der Waals surface area contributed by atoms with Crippen molar-refractivity contribution in [2.45, 2.75) is 54.2 Å². The second kappa shape index (κ2) is 4.12. The van der Waals surface area contributed by atoms with Gasteiger partial charge in [0.05, 0.1) is 17.6 Å². The fraction of sp³-hybridized carbons (Fsp3) is 0.450. The van der Waals surface area contributed by atoms with Gasteiger partial charge in [-0.1, -0.05) is 24.3 Å². The Morgan fingerprint density at radius 1 is 0.963 bits per heavy atom. The highest BCUT2D eigenvalue weighted by molar-refractivity contribution is 6.02. The standard InChI is InChI=1S/C20H16O7/c21-12-7-8-13(22)19-18(12,27-19)16(23)15-17(24-15)20(19)25-10-5-1-3-9-4-2-6-11(26-20)14(9)10/h1-6,12-13,15,17,21-22H,7-8H2/t12?,13?,15?,17?,18?,19-/m1/s1. The lowest BCUT2D eigenvalue weighted by Crippen LogP contribution is -2.74. The van der Waals surface area contributed by atoms with Crippen molar-refractivity contribution >= 4 is 16.6 Å². The Hall–Kier alpha value is -2.19.